The molecule has 1 aromatic carbocycles. The normalized spacial score (nSPS) is 22.8. The van der Waals surface area contributed by atoms with Crippen LogP contribution >= 0.6 is 0 Å². The summed E-state index contributed by atoms with van der Waals surface area (Å²) in [7, 11) is 3.16. The van der Waals surface area contributed by atoms with E-state index in [1.165, 1.54) is 12.0 Å². The second-order valence-electron chi connectivity index (χ2n) is 6.36. The van der Waals surface area contributed by atoms with E-state index in [2.05, 4.69) is 0 Å². The maximum atomic E-state index is 12.8. The predicted molar refractivity (Wildman–Crippen MR) is 79.4 cm³/mol. The average Bonchev–Trinajstić information content (AvgIpc) is 2.70. The summed E-state index contributed by atoms with van der Waals surface area (Å²) in [6.07, 6.45) is -1.21. The zero-order valence-electron chi connectivity index (χ0n) is 13.2. The van der Waals surface area contributed by atoms with Crippen molar-refractivity contribution in [2.75, 3.05) is 14.2 Å². The van der Waals surface area contributed by atoms with Gasteiger partial charge >= 0.3 is 0 Å². The molecule has 0 aromatic heterocycles. The van der Waals surface area contributed by atoms with Crippen LogP contribution < -0.4 is 0 Å². The second kappa shape index (κ2) is 5.48. The van der Waals surface area contributed by atoms with Gasteiger partial charge in [-0.2, -0.15) is 0 Å². The van der Waals surface area contributed by atoms with Crippen LogP contribution in [0.25, 0.3) is 0 Å². The summed E-state index contributed by atoms with van der Waals surface area (Å²) in [5, 5.41) is 0. The maximum absolute atomic E-state index is 12.8. The number of ether oxygens (including phenoxy) is 1. The van der Waals surface area contributed by atoms with E-state index in [0.717, 1.165) is 0 Å². The highest BCUT2D eigenvalue weighted by molar-refractivity contribution is 5.99. The van der Waals surface area contributed by atoms with E-state index in [9.17, 15) is 9.59 Å². The van der Waals surface area contributed by atoms with Crippen LogP contribution in [0.1, 0.15) is 31.1 Å². The van der Waals surface area contributed by atoms with Crippen molar-refractivity contribution in [1.29, 1.82) is 0 Å². The Labute approximate surface area is 125 Å². The van der Waals surface area contributed by atoms with Crippen molar-refractivity contribution in [3.05, 3.63) is 35.9 Å². The summed E-state index contributed by atoms with van der Waals surface area (Å²) in [6, 6.07) is 8.97. The fraction of sp³-hybridized carbons (Fsp3) is 0.500. The minimum absolute atomic E-state index is 0.193. The molecule has 0 spiro atoms. The van der Waals surface area contributed by atoms with E-state index in [0.29, 0.717) is 5.56 Å². The third-order valence-corrected chi connectivity index (χ3v) is 3.69. The first-order chi connectivity index (χ1) is 9.79. The molecular weight excluding hydrogens is 268 g/mol. The van der Waals surface area contributed by atoms with Gasteiger partial charge in [-0.25, -0.2) is 0 Å². The summed E-state index contributed by atoms with van der Waals surface area (Å²) in [5.74, 6) is -0.387. The van der Waals surface area contributed by atoms with Crippen LogP contribution in [0.5, 0.6) is 0 Å². The molecule has 114 valence electrons. The SMILES string of the molecule is COC1C(=O)N(C)C(C(C)(C)C)N1C(=O)c1ccccc1. The Hall–Kier alpha value is -1.88. The second-order valence-corrected chi connectivity index (χ2v) is 6.36. The molecule has 0 aliphatic carbocycles. The average molecular weight is 290 g/mol. The van der Waals surface area contributed by atoms with Crippen LogP contribution in [0.15, 0.2) is 30.3 Å². The molecule has 1 heterocycles. The van der Waals surface area contributed by atoms with Crippen molar-refractivity contribution in [1.82, 2.24) is 9.80 Å². The Morgan fingerprint density at radius 2 is 1.76 bits per heavy atom. The molecule has 2 atom stereocenters. The number of carbonyl (C=O) groups is 2. The van der Waals surface area contributed by atoms with Gasteiger partial charge in [0.15, 0.2) is 0 Å². The van der Waals surface area contributed by atoms with Gasteiger partial charge in [-0.1, -0.05) is 39.0 Å². The third kappa shape index (κ3) is 2.65. The summed E-state index contributed by atoms with van der Waals surface area (Å²) in [4.78, 5) is 28.3. The molecule has 21 heavy (non-hydrogen) atoms. The van der Waals surface area contributed by atoms with Gasteiger partial charge in [0.1, 0.15) is 6.17 Å². The van der Waals surface area contributed by atoms with Crippen LogP contribution in [0.4, 0.5) is 0 Å². The number of carbonyl (C=O) groups excluding carboxylic acids is 2. The van der Waals surface area contributed by atoms with Crippen molar-refractivity contribution in [2.24, 2.45) is 5.41 Å². The smallest absolute Gasteiger partial charge is 0.274 e. The summed E-state index contributed by atoms with van der Waals surface area (Å²) in [5.41, 5.74) is 0.277. The third-order valence-electron chi connectivity index (χ3n) is 3.69. The molecule has 1 aliphatic rings. The van der Waals surface area contributed by atoms with Crippen LogP contribution in [-0.2, 0) is 9.53 Å². The van der Waals surface area contributed by atoms with Gasteiger partial charge in [-0.15, -0.1) is 0 Å². The number of nitrogens with zero attached hydrogens (tertiary/aromatic N) is 2. The maximum Gasteiger partial charge on any atom is 0.274 e. The molecule has 2 amide bonds. The lowest BCUT2D eigenvalue weighted by Crippen LogP contribution is -2.51. The van der Waals surface area contributed by atoms with E-state index < -0.39 is 6.23 Å². The predicted octanol–water partition coefficient (Wildman–Crippen LogP) is 1.95. The van der Waals surface area contributed by atoms with E-state index >= 15 is 0 Å². The highest BCUT2D eigenvalue weighted by Gasteiger charge is 2.51. The van der Waals surface area contributed by atoms with Gasteiger partial charge in [0.2, 0.25) is 6.23 Å². The summed E-state index contributed by atoms with van der Waals surface area (Å²) >= 11 is 0. The Kier molecular flexibility index (Phi) is 4.05. The number of amides is 2. The zero-order chi connectivity index (χ0) is 15.8. The van der Waals surface area contributed by atoms with Crippen molar-refractivity contribution < 1.29 is 14.3 Å². The van der Waals surface area contributed by atoms with E-state index in [4.69, 9.17) is 4.74 Å². The molecule has 1 aliphatic heterocycles. The van der Waals surface area contributed by atoms with Gasteiger partial charge in [-0.3, -0.25) is 14.5 Å². The topological polar surface area (TPSA) is 49.9 Å². The lowest BCUT2D eigenvalue weighted by atomic mass is 9.91. The highest BCUT2D eigenvalue weighted by Crippen LogP contribution is 2.35. The standard InChI is InChI=1S/C16H22N2O3/c1-16(2,3)15-17(4)13(20)14(21-5)18(15)12(19)11-9-7-6-8-10-11/h6-10,14-15H,1-5H3. The lowest BCUT2D eigenvalue weighted by Gasteiger charge is -2.38. The number of benzene rings is 1. The number of methoxy groups -OCH3 is 1. The Balaban J connectivity index is 2.45. The summed E-state index contributed by atoms with van der Waals surface area (Å²) in [6.45, 7) is 6.01. The fourth-order valence-electron chi connectivity index (χ4n) is 2.89. The van der Waals surface area contributed by atoms with Crippen LogP contribution in [0, 0.1) is 5.41 Å². The number of rotatable bonds is 2. The number of hydrogen-bond donors (Lipinski definition) is 0. The quantitative estimate of drug-likeness (QED) is 0.836. The molecule has 0 bridgehead atoms. The Bertz CT molecular complexity index is 536. The largest absolute Gasteiger partial charge is 0.353 e. The van der Waals surface area contributed by atoms with Crippen LogP contribution in [0.3, 0.4) is 0 Å². The van der Waals surface area contributed by atoms with Crippen molar-refractivity contribution in [2.45, 2.75) is 33.2 Å². The van der Waals surface area contributed by atoms with Crippen LogP contribution in [0.2, 0.25) is 0 Å². The molecule has 1 saturated heterocycles. The van der Waals surface area contributed by atoms with Crippen molar-refractivity contribution in [3.63, 3.8) is 0 Å². The van der Waals surface area contributed by atoms with Crippen LogP contribution in [-0.4, -0.2) is 48.2 Å². The minimum atomic E-state index is -0.869. The minimum Gasteiger partial charge on any atom is -0.353 e. The summed E-state index contributed by atoms with van der Waals surface area (Å²) < 4.78 is 5.29. The van der Waals surface area contributed by atoms with Crippen molar-refractivity contribution in [3.8, 4) is 0 Å². The molecule has 5 heteroatoms. The lowest BCUT2D eigenvalue weighted by molar-refractivity contribution is -0.137. The monoisotopic (exact) mass is 290 g/mol. The van der Waals surface area contributed by atoms with Gasteiger partial charge in [0, 0.05) is 25.1 Å². The first-order valence-electron chi connectivity index (χ1n) is 6.96. The van der Waals surface area contributed by atoms with E-state index in [1.807, 2.05) is 39.0 Å². The Morgan fingerprint density at radius 3 is 2.24 bits per heavy atom. The molecule has 2 rings (SSSR count). The number of likely N-dealkylation sites (N-methyl/N-ethyl adjacent to an activating group) is 1. The van der Waals surface area contributed by atoms with E-state index in [1.54, 1.807) is 24.1 Å². The van der Waals surface area contributed by atoms with Crippen molar-refractivity contribution >= 4 is 11.8 Å². The first kappa shape index (κ1) is 15.5. The first-order valence-corrected chi connectivity index (χ1v) is 6.96. The molecule has 2 unspecified atom stereocenters. The van der Waals surface area contributed by atoms with Gasteiger partial charge < -0.3 is 9.64 Å². The fourth-order valence-corrected chi connectivity index (χ4v) is 2.89. The zero-order valence-corrected chi connectivity index (χ0v) is 13.2. The molecule has 1 fully saturated rings. The molecular formula is C16H22N2O3. The van der Waals surface area contributed by atoms with E-state index in [-0.39, 0.29) is 23.4 Å². The molecule has 0 saturated carbocycles. The van der Waals surface area contributed by atoms with Gasteiger partial charge in [-0.05, 0) is 12.1 Å². The highest BCUT2D eigenvalue weighted by atomic mass is 16.5. The van der Waals surface area contributed by atoms with Gasteiger partial charge in [0.05, 0.1) is 0 Å². The molecule has 5 nitrogen and oxygen atoms in total. The Morgan fingerprint density at radius 1 is 1.19 bits per heavy atom. The molecule has 0 radical (unpaired) electrons. The molecule has 0 N–H and O–H groups in total. The van der Waals surface area contributed by atoms with Gasteiger partial charge in [0.25, 0.3) is 11.8 Å². The number of hydrogen-bond acceptors (Lipinski definition) is 3. The molecule has 1 aromatic rings.